The summed E-state index contributed by atoms with van der Waals surface area (Å²) < 4.78 is 7.22. The number of benzene rings is 2. The Bertz CT molecular complexity index is 1140. The highest BCUT2D eigenvalue weighted by Gasteiger charge is 2.38. The Labute approximate surface area is 182 Å². The van der Waals surface area contributed by atoms with E-state index < -0.39 is 0 Å². The fraction of sp³-hybridized carbons (Fsp3) is 0.231. The monoisotopic (exact) mass is 411 g/mol. The highest BCUT2D eigenvalue weighted by atomic mass is 16.5. The van der Waals surface area contributed by atoms with E-state index in [9.17, 15) is 4.79 Å². The van der Waals surface area contributed by atoms with E-state index in [1.165, 1.54) is 30.0 Å². The summed E-state index contributed by atoms with van der Waals surface area (Å²) in [5, 5.41) is 8.32. The van der Waals surface area contributed by atoms with Crippen molar-refractivity contribution >= 4 is 24.4 Å². The van der Waals surface area contributed by atoms with E-state index in [4.69, 9.17) is 9.84 Å². The minimum absolute atomic E-state index is 0.343. The van der Waals surface area contributed by atoms with Crippen molar-refractivity contribution in [2.24, 2.45) is 0 Å². The average molecular weight is 412 g/mol. The van der Waals surface area contributed by atoms with Crippen molar-refractivity contribution in [3.05, 3.63) is 89.1 Å². The molecule has 2 aliphatic rings. The average Bonchev–Trinajstić information content (AvgIpc) is 3.59. The molecule has 1 heterocycles. The van der Waals surface area contributed by atoms with Gasteiger partial charge in [-0.1, -0.05) is 54.6 Å². The van der Waals surface area contributed by atoms with E-state index in [1.807, 2.05) is 22.9 Å². The summed E-state index contributed by atoms with van der Waals surface area (Å²) in [5.41, 5.74) is 4.24. The third-order valence-electron chi connectivity index (χ3n) is 6.15. The van der Waals surface area contributed by atoms with Gasteiger partial charge < -0.3 is 10.1 Å². The maximum Gasteiger partial charge on any atom is 0.156 e. The fourth-order valence-electron chi connectivity index (χ4n) is 4.34. The number of carbonyl (C=O) groups is 1. The van der Waals surface area contributed by atoms with Crippen LogP contribution in [0.2, 0.25) is 0 Å². The van der Waals surface area contributed by atoms with Crippen LogP contribution in [0.1, 0.15) is 35.2 Å². The Hall–Kier alpha value is -3.60. The number of fused-ring (bicyclic) bond motifs is 1. The van der Waals surface area contributed by atoms with Gasteiger partial charge >= 0.3 is 0 Å². The number of nitrogens with one attached hydrogen (secondary N) is 1. The van der Waals surface area contributed by atoms with E-state index in [0.717, 1.165) is 35.5 Å². The van der Waals surface area contributed by atoms with Gasteiger partial charge in [0.25, 0.3) is 0 Å². The topological polar surface area (TPSA) is 56.1 Å². The molecule has 1 N–H and O–H groups in total. The summed E-state index contributed by atoms with van der Waals surface area (Å²) >= 11 is 0. The van der Waals surface area contributed by atoms with Crippen molar-refractivity contribution in [1.82, 2.24) is 9.78 Å². The van der Waals surface area contributed by atoms with Crippen molar-refractivity contribution in [3.63, 3.8) is 0 Å². The maximum absolute atomic E-state index is 11.0. The second kappa shape index (κ2) is 7.91. The quantitative estimate of drug-likeness (QED) is 0.453. The smallest absolute Gasteiger partial charge is 0.156 e. The molecular formula is C26H25N3O2. The SMILES string of the molecule is COc1ccc(C2(c3ccccc3)C=Cc3c(NC4CC4)nn(C=CC=O)c3C2)cc1. The van der Waals surface area contributed by atoms with E-state index >= 15 is 0 Å². The van der Waals surface area contributed by atoms with Crippen molar-refractivity contribution in [2.75, 3.05) is 12.4 Å². The van der Waals surface area contributed by atoms with Gasteiger partial charge in [0, 0.05) is 29.6 Å². The molecule has 0 aliphatic heterocycles. The number of aromatic nitrogens is 2. The lowest BCUT2D eigenvalue weighted by molar-refractivity contribution is -0.104. The zero-order valence-electron chi connectivity index (χ0n) is 17.5. The lowest BCUT2D eigenvalue weighted by Crippen LogP contribution is -2.31. The minimum Gasteiger partial charge on any atom is -0.497 e. The van der Waals surface area contributed by atoms with Crippen LogP contribution < -0.4 is 10.1 Å². The van der Waals surface area contributed by atoms with Gasteiger partial charge in [0.2, 0.25) is 0 Å². The molecule has 0 radical (unpaired) electrons. The number of hydrogen-bond acceptors (Lipinski definition) is 4. The summed E-state index contributed by atoms with van der Waals surface area (Å²) in [6.07, 6.45) is 11.6. The van der Waals surface area contributed by atoms with Crippen LogP contribution in [-0.4, -0.2) is 29.2 Å². The molecule has 1 aromatic heterocycles. The summed E-state index contributed by atoms with van der Waals surface area (Å²) in [6.45, 7) is 0. The Morgan fingerprint density at radius 3 is 2.52 bits per heavy atom. The summed E-state index contributed by atoms with van der Waals surface area (Å²) in [5.74, 6) is 1.73. The molecule has 5 nitrogen and oxygen atoms in total. The number of anilines is 1. The van der Waals surface area contributed by atoms with Gasteiger partial charge in [0.1, 0.15) is 12.0 Å². The van der Waals surface area contributed by atoms with Crippen LogP contribution in [-0.2, 0) is 16.6 Å². The number of nitrogens with zero attached hydrogens (tertiary/aromatic N) is 2. The number of rotatable bonds is 7. The van der Waals surface area contributed by atoms with E-state index in [0.29, 0.717) is 6.04 Å². The first-order chi connectivity index (χ1) is 15.2. The number of carbonyl (C=O) groups excluding carboxylic acids is 1. The Morgan fingerprint density at radius 2 is 1.84 bits per heavy atom. The number of hydrogen-bond donors (Lipinski definition) is 1. The van der Waals surface area contributed by atoms with Crippen LogP contribution in [0.3, 0.4) is 0 Å². The van der Waals surface area contributed by atoms with Crippen molar-refractivity contribution in [1.29, 1.82) is 0 Å². The van der Waals surface area contributed by atoms with E-state index in [2.05, 4.69) is 53.9 Å². The first-order valence-corrected chi connectivity index (χ1v) is 10.6. The molecule has 1 unspecified atom stereocenters. The number of allylic oxidation sites excluding steroid dienone is 2. The molecule has 5 rings (SSSR count). The van der Waals surface area contributed by atoms with Crippen LogP contribution in [0, 0.1) is 0 Å². The molecule has 3 aromatic rings. The second-order valence-electron chi connectivity index (χ2n) is 8.13. The Morgan fingerprint density at radius 1 is 1.10 bits per heavy atom. The molecule has 2 aliphatic carbocycles. The van der Waals surface area contributed by atoms with E-state index in [-0.39, 0.29) is 5.41 Å². The predicted octanol–water partition coefficient (Wildman–Crippen LogP) is 4.69. The van der Waals surface area contributed by atoms with Crippen molar-refractivity contribution in [3.8, 4) is 5.75 Å². The zero-order valence-corrected chi connectivity index (χ0v) is 17.5. The number of aldehydes is 1. The third-order valence-corrected chi connectivity index (χ3v) is 6.15. The van der Waals surface area contributed by atoms with Crippen molar-refractivity contribution < 1.29 is 9.53 Å². The van der Waals surface area contributed by atoms with Gasteiger partial charge in [-0.2, -0.15) is 5.10 Å². The zero-order chi connectivity index (χ0) is 21.3. The molecule has 31 heavy (non-hydrogen) atoms. The van der Waals surface area contributed by atoms with Crippen LogP contribution >= 0.6 is 0 Å². The molecule has 2 aromatic carbocycles. The first-order valence-electron chi connectivity index (χ1n) is 10.6. The summed E-state index contributed by atoms with van der Waals surface area (Å²) in [6, 6.07) is 19.3. The first kappa shape index (κ1) is 19.4. The second-order valence-corrected chi connectivity index (χ2v) is 8.13. The molecule has 1 saturated carbocycles. The largest absolute Gasteiger partial charge is 0.497 e. The molecule has 0 saturated heterocycles. The lowest BCUT2D eigenvalue weighted by Gasteiger charge is -2.35. The van der Waals surface area contributed by atoms with Gasteiger partial charge in [-0.25, -0.2) is 4.68 Å². The highest BCUT2D eigenvalue weighted by molar-refractivity contribution is 5.74. The molecule has 1 atom stereocenters. The molecule has 0 bridgehead atoms. The normalized spacial score (nSPS) is 19.9. The summed E-state index contributed by atoms with van der Waals surface area (Å²) in [4.78, 5) is 11.0. The van der Waals surface area contributed by atoms with E-state index in [1.54, 1.807) is 13.3 Å². The van der Waals surface area contributed by atoms with Crippen LogP contribution in [0.4, 0.5) is 5.82 Å². The van der Waals surface area contributed by atoms with Gasteiger partial charge in [0.15, 0.2) is 5.82 Å². The van der Waals surface area contributed by atoms with Gasteiger partial charge in [-0.05, 0) is 42.2 Å². The van der Waals surface area contributed by atoms with Gasteiger partial charge in [-0.15, -0.1) is 0 Å². The number of methoxy groups -OCH3 is 1. The Kier molecular flexibility index (Phi) is 4.94. The Balaban J connectivity index is 1.65. The molecule has 156 valence electrons. The maximum atomic E-state index is 11.0. The minimum atomic E-state index is -0.343. The fourth-order valence-corrected chi connectivity index (χ4v) is 4.34. The molecule has 1 fully saturated rings. The lowest BCUT2D eigenvalue weighted by atomic mass is 9.68. The molecule has 0 amide bonds. The van der Waals surface area contributed by atoms with Crippen LogP contribution in [0.15, 0.2) is 66.7 Å². The third kappa shape index (κ3) is 3.56. The van der Waals surface area contributed by atoms with Crippen LogP contribution in [0.5, 0.6) is 5.75 Å². The molecule has 0 spiro atoms. The number of ether oxygens (including phenoxy) is 1. The summed E-state index contributed by atoms with van der Waals surface area (Å²) in [7, 11) is 1.68. The molecule has 5 heteroatoms. The standard InChI is InChI=1S/C26H25N3O2/c1-31-22-12-8-20(9-13-22)26(19-6-3-2-4-7-19)15-14-23-24(18-26)29(16-5-17-30)28-25(23)27-21-10-11-21/h2-9,12-17,21H,10-11,18H2,1H3,(H,27,28). The van der Waals surface area contributed by atoms with Gasteiger partial charge in [0.05, 0.1) is 12.8 Å². The van der Waals surface area contributed by atoms with Crippen LogP contribution in [0.25, 0.3) is 12.3 Å². The van der Waals surface area contributed by atoms with Crippen molar-refractivity contribution in [2.45, 2.75) is 30.7 Å². The molecular weight excluding hydrogens is 386 g/mol. The highest BCUT2D eigenvalue weighted by Crippen LogP contribution is 2.44. The van der Waals surface area contributed by atoms with Gasteiger partial charge in [-0.3, -0.25) is 4.79 Å². The predicted molar refractivity (Wildman–Crippen MR) is 123 cm³/mol.